The lowest BCUT2D eigenvalue weighted by Gasteiger charge is -2.55. The zero-order chi connectivity index (χ0) is 23.6. The number of rotatable bonds is 7. The van der Waals surface area contributed by atoms with E-state index in [-0.39, 0.29) is 60.6 Å². The van der Waals surface area contributed by atoms with Gasteiger partial charge in [-0.05, 0) is 56.1 Å². The molecule has 1 heterocycles. The van der Waals surface area contributed by atoms with E-state index in [1.54, 1.807) is 12.2 Å². The lowest BCUT2D eigenvalue weighted by Crippen LogP contribution is -2.56. The summed E-state index contributed by atoms with van der Waals surface area (Å²) in [6.07, 6.45) is 7.98. The van der Waals surface area contributed by atoms with Crippen LogP contribution >= 0.6 is 0 Å². The number of aliphatic hydroxyl groups excluding tert-OH is 1. The summed E-state index contributed by atoms with van der Waals surface area (Å²) in [4.78, 5) is 47.5. The highest BCUT2D eigenvalue weighted by atomic mass is 16.6. The Morgan fingerprint density at radius 3 is 2.79 bits per heavy atom. The minimum Gasteiger partial charge on any atom is -0.481 e. The molecule has 0 aromatic heterocycles. The van der Waals surface area contributed by atoms with Crippen molar-refractivity contribution in [3.8, 4) is 0 Å². The van der Waals surface area contributed by atoms with Crippen molar-refractivity contribution in [3.63, 3.8) is 0 Å². The Morgan fingerprint density at radius 1 is 1.24 bits per heavy atom. The first kappa shape index (κ1) is 22.5. The number of hydrogen-bond donors (Lipinski definition) is 2. The molecule has 0 bridgehead atoms. The van der Waals surface area contributed by atoms with Gasteiger partial charge >= 0.3 is 11.9 Å². The van der Waals surface area contributed by atoms with E-state index >= 15 is 0 Å². The second kappa shape index (κ2) is 7.60. The summed E-state index contributed by atoms with van der Waals surface area (Å²) in [6, 6.07) is 0. The number of carboxylic acid groups (broad SMARTS) is 1. The molecular weight excluding hydrogens is 428 g/mol. The van der Waals surface area contributed by atoms with Gasteiger partial charge < -0.3 is 19.7 Å². The van der Waals surface area contributed by atoms with Gasteiger partial charge in [0.1, 0.15) is 5.60 Å². The van der Waals surface area contributed by atoms with E-state index < -0.39 is 29.2 Å². The second-order valence-electron chi connectivity index (χ2n) is 10.5. The third-order valence-corrected chi connectivity index (χ3v) is 8.94. The summed E-state index contributed by atoms with van der Waals surface area (Å²) < 4.78 is 11.3. The molecule has 5 rings (SSSR count). The number of aliphatic carboxylic acids is 1. The lowest BCUT2D eigenvalue weighted by molar-refractivity contribution is -0.149. The number of fused-ring (bicyclic) bond motifs is 4. The van der Waals surface area contributed by atoms with Gasteiger partial charge in [0.25, 0.3) is 0 Å². The fourth-order valence-corrected chi connectivity index (χ4v) is 7.51. The SMILES string of the molecule is C[C@]12C=CC(=O)C=C1CC[C@@H]1[C@@H]2[C@@H](O)C[C@]23O[C@]2(C(=O)COC(=O)CCCC(=O)O)CC[C@@H]13. The molecule has 3 saturated carbocycles. The van der Waals surface area contributed by atoms with Crippen molar-refractivity contribution in [2.24, 2.45) is 23.2 Å². The van der Waals surface area contributed by atoms with Gasteiger partial charge in [-0.1, -0.05) is 18.6 Å². The van der Waals surface area contributed by atoms with Crippen LogP contribution in [-0.2, 0) is 28.7 Å². The smallest absolute Gasteiger partial charge is 0.306 e. The first-order valence-corrected chi connectivity index (χ1v) is 11.9. The van der Waals surface area contributed by atoms with Crippen molar-refractivity contribution in [2.75, 3.05) is 6.61 Å². The molecule has 4 fully saturated rings. The van der Waals surface area contributed by atoms with Crippen molar-refractivity contribution < 1.29 is 38.9 Å². The number of carbonyl (C=O) groups excluding carboxylic acids is 3. The summed E-state index contributed by atoms with van der Waals surface area (Å²) >= 11 is 0. The molecule has 5 aliphatic rings. The van der Waals surface area contributed by atoms with Crippen LogP contribution in [-0.4, -0.2) is 57.6 Å². The van der Waals surface area contributed by atoms with Gasteiger partial charge in [-0.3, -0.25) is 19.2 Å². The molecular formula is C25H30O8. The van der Waals surface area contributed by atoms with E-state index in [1.165, 1.54) is 0 Å². The van der Waals surface area contributed by atoms with Crippen LogP contribution in [0.25, 0.3) is 0 Å². The van der Waals surface area contributed by atoms with Gasteiger partial charge in [-0.2, -0.15) is 0 Å². The van der Waals surface area contributed by atoms with Crippen LogP contribution in [0.15, 0.2) is 23.8 Å². The van der Waals surface area contributed by atoms with Crippen LogP contribution in [0.2, 0.25) is 0 Å². The minimum absolute atomic E-state index is 0.00351. The zero-order valence-corrected chi connectivity index (χ0v) is 18.7. The lowest BCUT2D eigenvalue weighted by atomic mass is 9.49. The number of ketones is 2. The molecule has 4 aliphatic carbocycles. The summed E-state index contributed by atoms with van der Waals surface area (Å²) in [5.74, 6) is -1.54. The van der Waals surface area contributed by atoms with Gasteiger partial charge in [0, 0.05) is 30.6 Å². The highest BCUT2D eigenvalue weighted by Crippen LogP contribution is 2.73. The van der Waals surface area contributed by atoms with Crippen LogP contribution < -0.4 is 0 Å². The van der Waals surface area contributed by atoms with Crippen LogP contribution in [0.5, 0.6) is 0 Å². The highest BCUT2D eigenvalue weighted by Gasteiger charge is 2.83. The van der Waals surface area contributed by atoms with Crippen LogP contribution in [0.4, 0.5) is 0 Å². The summed E-state index contributed by atoms with van der Waals surface area (Å²) in [7, 11) is 0. The summed E-state index contributed by atoms with van der Waals surface area (Å²) in [6.45, 7) is 1.71. The van der Waals surface area contributed by atoms with Crippen molar-refractivity contribution in [1.29, 1.82) is 0 Å². The van der Waals surface area contributed by atoms with Crippen LogP contribution in [0, 0.1) is 23.2 Å². The number of esters is 1. The molecule has 1 aliphatic heterocycles. The molecule has 0 aromatic carbocycles. The summed E-state index contributed by atoms with van der Waals surface area (Å²) in [5, 5.41) is 20.0. The van der Waals surface area contributed by atoms with Gasteiger partial charge in [-0.25, -0.2) is 0 Å². The Hall–Kier alpha value is -2.32. The van der Waals surface area contributed by atoms with Gasteiger partial charge in [0.2, 0.25) is 5.78 Å². The number of epoxide rings is 1. The minimum atomic E-state index is -1.000. The largest absolute Gasteiger partial charge is 0.481 e. The molecule has 0 amide bonds. The van der Waals surface area contributed by atoms with Crippen LogP contribution in [0.1, 0.15) is 58.3 Å². The van der Waals surface area contributed by atoms with Crippen molar-refractivity contribution in [3.05, 3.63) is 23.8 Å². The Labute approximate surface area is 192 Å². The fourth-order valence-electron chi connectivity index (χ4n) is 7.51. The number of aliphatic hydroxyl groups is 1. The zero-order valence-electron chi connectivity index (χ0n) is 18.7. The Kier molecular flexibility index (Phi) is 5.17. The van der Waals surface area contributed by atoms with E-state index in [1.807, 2.05) is 6.08 Å². The molecule has 33 heavy (non-hydrogen) atoms. The average molecular weight is 459 g/mol. The van der Waals surface area contributed by atoms with Crippen LogP contribution in [0.3, 0.4) is 0 Å². The van der Waals surface area contributed by atoms with Crippen molar-refractivity contribution in [1.82, 2.24) is 0 Å². The predicted octanol–water partition coefficient (Wildman–Crippen LogP) is 2.13. The maximum Gasteiger partial charge on any atom is 0.306 e. The first-order chi connectivity index (χ1) is 15.6. The number of allylic oxidation sites excluding steroid dienone is 4. The number of ether oxygens (including phenoxy) is 2. The third-order valence-electron chi connectivity index (χ3n) is 8.94. The van der Waals surface area contributed by atoms with E-state index in [0.29, 0.717) is 12.8 Å². The highest BCUT2D eigenvalue weighted by molar-refractivity contribution is 6.01. The Bertz CT molecular complexity index is 981. The number of carboxylic acids is 1. The molecule has 8 heteroatoms. The standard InChI is InChI=1S/C25H30O8/c1-23-9-7-15(26)11-14(23)5-6-16-17-8-10-24(25(17,33-24)12-18(27)22(16)23)19(28)13-32-21(31)4-2-3-20(29)30/h7,9,11,16-18,22,27H,2-6,8,10,12-13H2,1H3,(H,29,30)/t16-,17-,18-,22+,23-,24-,25+/m0/s1. The molecule has 1 spiro atoms. The second-order valence-corrected chi connectivity index (χ2v) is 10.5. The van der Waals surface area contributed by atoms with E-state index in [4.69, 9.17) is 14.6 Å². The normalized spacial score (nSPS) is 42.4. The molecule has 0 radical (unpaired) electrons. The van der Waals surface area contributed by atoms with E-state index in [0.717, 1.165) is 24.8 Å². The van der Waals surface area contributed by atoms with E-state index in [9.17, 15) is 24.3 Å². The average Bonchev–Trinajstić information content (AvgIpc) is 3.28. The Morgan fingerprint density at radius 2 is 2.03 bits per heavy atom. The predicted molar refractivity (Wildman–Crippen MR) is 114 cm³/mol. The molecule has 0 unspecified atom stereocenters. The number of hydrogen-bond acceptors (Lipinski definition) is 7. The molecule has 178 valence electrons. The maximum absolute atomic E-state index is 13.1. The number of carbonyl (C=O) groups is 4. The topological polar surface area (TPSA) is 130 Å². The third kappa shape index (κ3) is 3.25. The molecule has 8 nitrogen and oxygen atoms in total. The quantitative estimate of drug-likeness (QED) is 0.438. The molecule has 2 N–H and O–H groups in total. The summed E-state index contributed by atoms with van der Waals surface area (Å²) in [5.41, 5.74) is -0.988. The Balaban J connectivity index is 1.28. The van der Waals surface area contributed by atoms with E-state index in [2.05, 4.69) is 6.92 Å². The number of Topliss-reactive ketones (excluding diaryl/α,β-unsaturated/α-hetero) is 1. The van der Waals surface area contributed by atoms with Gasteiger partial charge in [0.15, 0.2) is 18.0 Å². The molecule has 7 atom stereocenters. The fraction of sp³-hybridized carbons (Fsp3) is 0.680. The van der Waals surface area contributed by atoms with Gasteiger partial charge in [0.05, 0.1) is 6.10 Å². The van der Waals surface area contributed by atoms with Crippen molar-refractivity contribution in [2.45, 2.75) is 75.6 Å². The van der Waals surface area contributed by atoms with Crippen molar-refractivity contribution >= 4 is 23.5 Å². The maximum atomic E-state index is 13.1. The van der Waals surface area contributed by atoms with Gasteiger partial charge in [-0.15, -0.1) is 0 Å². The first-order valence-electron chi connectivity index (χ1n) is 11.9. The molecule has 1 saturated heterocycles. The monoisotopic (exact) mass is 458 g/mol. The molecule has 0 aromatic rings.